The number of halogens is 2. The van der Waals surface area contributed by atoms with Crippen LogP contribution in [0, 0.1) is 56.7 Å². The van der Waals surface area contributed by atoms with E-state index in [4.69, 9.17) is 14.7 Å². The van der Waals surface area contributed by atoms with Gasteiger partial charge in [0.05, 0.1) is 12.0 Å². The van der Waals surface area contributed by atoms with Crippen molar-refractivity contribution in [1.82, 2.24) is 0 Å². The van der Waals surface area contributed by atoms with Gasteiger partial charge in [0.25, 0.3) is 0 Å². The van der Waals surface area contributed by atoms with Crippen LogP contribution in [0.1, 0.15) is 74.1 Å². The summed E-state index contributed by atoms with van der Waals surface area (Å²) in [7, 11) is 0. The molecular formula is C31H39F2NO6. The SMILES string of the molecule is C[C@@H]1CC2C3CC(F)=C4CC(=O)C=C[C@]4(C)[C@@]3(F)[C@@H](O)C[C@]2(C)[C@@]1(OC(=O)C1C(C)(C)C1(C)C)C(=O)OCC#N. The summed E-state index contributed by atoms with van der Waals surface area (Å²) in [5.74, 6) is -5.30. The first-order valence-corrected chi connectivity index (χ1v) is 14.1. The monoisotopic (exact) mass is 559 g/mol. The number of aliphatic hydroxyl groups is 1. The Labute approximate surface area is 234 Å². The molecule has 0 aromatic carbocycles. The molecule has 9 heteroatoms. The Morgan fingerprint density at radius 2 is 1.77 bits per heavy atom. The molecule has 40 heavy (non-hydrogen) atoms. The van der Waals surface area contributed by atoms with Gasteiger partial charge >= 0.3 is 11.9 Å². The number of aliphatic hydroxyl groups excluding tert-OH is 1. The number of ether oxygens (including phenoxy) is 2. The summed E-state index contributed by atoms with van der Waals surface area (Å²) >= 11 is 0. The Morgan fingerprint density at radius 1 is 1.15 bits per heavy atom. The molecule has 3 fully saturated rings. The molecular weight excluding hydrogens is 520 g/mol. The molecule has 7 nitrogen and oxygen atoms in total. The average Bonchev–Trinajstić information content (AvgIpc) is 3.17. The third-order valence-electron chi connectivity index (χ3n) is 12.3. The first-order valence-electron chi connectivity index (χ1n) is 14.1. The number of nitriles is 1. The molecule has 0 aromatic rings. The van der Waals surface area contributed by atoms with Crippen LogP contribution >= 0.6 is 0 Å². The van der Waals surface area contributed by atoms with Gasteiger partial charge in [0.15, 0.2) is 18.1 Å². The van der Waals surface area contributed by atoms with Crippen LogP contribution < -0.4 is 0 Å². The van der Waals surface area contributed by atoms with Crippen LogP contribution in [0.5, 0.6) is 0 Å². The molecule has 218 valence electrons. The van der Waals surface area contributed by atoms with Crippen LogP contribution in [0.15, 0.2) is 23.6 Å². The topological polar surface area (TPSA) is 114 Å². The Bertz CT molecular complexity index is 1280. The molecule has 5 rings (SSSR count). The maximum absolute atomic E-state index is 17.5. The number of hydrogen-bond donors (Lipinski definition) is 1. The molecule has 5 aliphatic carbocycles. The third kappa shape index (κ3) is 3.20. The molecule has 0 spiro atoms. The number of alkyl halides is 1. The molecule has 0 radical (unpaired) electrons. The van der Waals surface area contributed by atoms with Gasteiger partial charge < -0.3 is 14.6 Å². The second-order valence-corrected chi connectivity index (χ2v) is 14.3. The van der Waals surface area contributed by atoms with Crippen molar-refractivity contribution in [2.75, 3.05) is 6.61 Å². The number of fused-ring (bicyclic) bond motifs is 5. The zero-order valence-electron chi connectivity index (χ0n) is 24.3. The van der Waals surface area contributed by atoms with Crippen LogP contribution in [-0.4, -0.2) is 46.8 Å². The van der Waals surface area contributed by atoms with Crippen molar-refractivity contribution in [2.45, 2.75) is 91.5 Å². The minimum Gasteiger partial charge on any atom is -0.447 e. The second kappa shape index (κ2) is 8.47. The van der Waals surface area contributed by atoms with Gasteiger partial charge in [-0.05, 0) is 48.2 Å². The lowest BCUT2D eigenvalue weighted by atomic mass is 9.45. The maximum atomic E-state index is 17.5. The molecule has 1 N–H and O–H groups in total. The normalized spacial score (nSPS) is 44.7. The highest BCUT2D eigenvalue weighted by atomic mass is 19.1. The zero-order valence-corrected chi connectivity index (χ0v) is 24.3. The molecule has 0 amide bonds. The van der Waals surface area contributed by atoms with Gasteiger partial charge in [-0.25, -0.2) is 13.6 Å². The van der Waals surface area contributed by atoms with E-state index in [0.29, 0.717) is 0 Å². The second-order valence-electron chi connectivity index (χ2n) is 14.3. The number of rotatable bonds is 4. The number of allylic oxidation sites excluding steroid dienone is 4. The van der Waals surface area contributed by atoms with Gasteiger partial charge in [0.1, 0.15) is 11.9 Å². The highest BCUT2D eigenvalue weighted by Crippen LogP contribution is 2.73. The Kier molecular flexibility index (Phi) is 6.12. The predicted octanol–water partition coefficient (Wildman–Crippen LogP) is 4.93. The van der Waals surface area contributed by atoms with E-state index in [1.807, 2.05) is 27.7 Å². The van der Waals surface area contributed by atoms with Gasteiger partial charge in [-0.3, -0.25) is 9.59 Å². The van der Waals surface area contributed by atoms with E-state index in [1.54, 1.807) is 19.9 Å². The van der Waals surface area contributed by atoms with E-state index < -0.39 is 87.1 Å². The molecule has 8 atom stereocenters. The standard InChI is InChI=1S/C31H39F2NO6/c1-16-12-18-19-14-21(32)20-13-17(35)8-9-28(20,6)30(19,33)22(36)15-29(18,7)31(16,25(38)39-11-10-34)40-24(37)23-26(2,3)27(23,4)5/h8-9,16,18-19,22-23,36H,11-15H2,1-7H3/t16-,18?,19?,22+,28+,29+,30+,31+/m1/s1. The van der Waals surface area contributed by atoms with Gasteiger partial charge in [-0.1, -0.05) is 47.6 Å². The van der Waals surface area contributed by atoms with Gasteiger partial charge in [-0.2, -0.15) is 5.26 Å². The summed E-state index contributed by atoms with van der Waals surface area (Å²) in [6.45, 7) is 12.2. The van der Waals surface area contributed by atoms with E-state index >= 15 is 8.78 Å². The Balaban J connectivity index is 1.63. The maximum Gasteiger partial charge on any atom is 0.352 e. The Hall–Kier alpha value is -2.60. The van der Waals surface area contributed by atoms with Crippen molar-refractivity contribution in [2.24, 2.45) is 45.3 Å². The third-order valence-corrected chi connectivity index (χ3v) is 12.3. The van der Waals surface area contributed by atoms with E-state index in [0.717, 1.165) is 0 Å². The highest BCUT2D eigenvalue weighted by Gasteiger charge is 2.79. The zero-order chi connectivity index (χ0) is 29.8. The average molecular weight is 560 g/mol. The summed E-state index contributed by atoms with van der Waals surface area (Å²) in [5, 5.41) is 20.8. The largest absolute Gasteiger partial charge is 0.447 e. The van der Waals surface area contributed by atoms with Crippen LogP contribution in [0.2, 0.25) is 0 Å². The van der Waals surface area contributed by atoms with E-state index in [9.17, 15) is 19.5 Å². The predicted molar refractivity (Wildman–Crippen MR) is 139 cm³/mol. The summed E-state index contributed by atoms with van der Waals surface area (Å²) in [6, 6.07) is 1.78. The van der Waals surface area contributed by atoms with Crippen molar-refractivity contribution >= 4 is 17.7 Å². The number of hydrogen-bond acceptors (Lipinski definition) is 7. The summed E-state index contributed by atoms with van der Waals surface area (Å²) < 4.78 is 44.8. The van der Waals surface area contributed by atoms with Gasteiger partial charge in [-0.15, -0.1) is 0 Å². The number of carbonyl (C=O) groups is 3. The molecule has 0 saturated heterocycles. The van der Waals surface area contributed by atoms with Gasteiger partial charge in [0, 0.05) is 35.5 Å². The first kappa shape index (κ1) is 28.9. The molecule has 0 heterocycles. The van der Waals surface area contributed by atoms with Crippen LogP contribution in [0.3, 0.4) is 0 Å². The van der Waals surface area contributed by atoms with Crippen molar-refractivity contribution in [3.8, 4) is 6.07 Å². The molecule has 2 unspecified atom stereocenters. The summed E-state index contributed by atoms with van der Waals surface area (Å²) in [4.78, 5) is 39.8. The molecule has 0 bridgehead atoms. The fourth-order valence-corrected chi connectivity index (χ4v) is 9.40. The van der Waals surface area contributed by atoms with E-state index in [1.165, 1.54) is 19.1 Å². The molecule has 0 aromatic heterocycles. The fourth-order valence-electron chi connectivity index (χ4n) is 9.40. The lowest BCUT2D eigenvalue weighted by Crippen LogP contribution is -2.70. The quantitative estimate of drug-likeness (QED) is 0.486. The lowest BCUT2D eigenvalue weighted by Gasteiger charge is -2.62. The van der Waals surface area contributed by atoms with Crippen molar-refractivity contribution in [3.05, 3.63) is 23.6 Å². The van der Waals surface area contributed by atoms with Crippen molar-refractivity contribution in [1.29, 1.82) is 5.26 Å². The van der Waals surface area contributed by atoms with E-state index in [-0.39, 0.29) is 37.0 Å². The number of nitrogens with zero attached hydrogens (tertiary/aromatic N) is 1. The summed E-state index contributed by atoms with van der Waals surface area (Å²) in [6.07, 6.45) is 0.328. The molecule has 5 aliphatic rings. The van der Waals surface area contributed by atoms with Crippen LogP contribution in [0.25, 0.3) is 0 Å². The minimum absolute atomic E-state index is 0.0526. The number of ketones is 1. The first-order chi connectivity index (χ1) is 18.4. The highest BCUT2D eigenvalue weighted by molar-refractivity contribution is 5.94. The minimum atomic E-state index is -2.32. The van der Waals surface area contributed by atoms with Crippen molar-refractivity contribution in [3.63, 3.8) is 0 Å². The Morgan fingerprint density at radius 3 is 2.35 bits per heavy atom. The van der Waals surface area contributed by atoms with Crippen molar-refractivity contribution < 1.29 is 37.7 Å². The fraction of sp³-hybridized carbons (Fsp3) is 0.742. The molecule has 3 saturated carbocycles. The van der Waals surface area contributed by atoms with Gasteiger partial charge in [0.2, 0.25) is 5.60 Å². The molecule has 0 aliphatic heterocycles. The smallest absolute Gasteiger partial charge is 0.352 e. The van der Waals surface area contributed by atoms with Crippen LogP contribution in [-0.2, 0) is 23.9 Å². The number of carbonyl (C=O) groups excluding carboxylic acids is 3. The van der Waals surface area contributed by atoms with Crippen LogP contribution in [0.4, 0.5) is 8.78 Å². The number of esters is 2. The summed E-state index contributed by atoms with van der Waals surface area (Å²) in [5.41, 5.74) is -7.84. The van der Waals surface area contributed by atoms with E-state index in [2.05, 4.69) is 0 Å². The lowest BCUT2D eigenvalue weighted by molar-refractivity contribution is -0.235.